The van der Waals surface area contributed by atoms with Crippen molar-refractivity contribution in [3.63, 3.8) is 0 Å². The third-order valence-electron chi connectivity index (χ3n) is 6.34. The van der Waals surface area contributed by atoms with Crippen LogP contribution in [0.5, 0.6) is 0 Å². The maximum Gasteiger partial charge on any atom is 0.0775 e. The number of benzene rings is 2. The van der Waals surface area contributed by atoms with Gasteiger partial charge in [0.2, 0.25) is 0 Å². The quantitative estimate of drug-likeness (QED) is 0.225. The average molecular weight is 481 g/mol. The van der Waals surface area contributed by atoms with Gasteiger partial charge in [-0.2, -0.15) is 0 Å². The zero-order valence-electron chi connectivity index (χ0n) is 18.3. The summed E-state index contributed by atoms with van der Waals surface area (Å²) in [4.78, 5) is 7.85. The van der Waals surface area contributed by atoms with Crippen molar-refractivity contribution in [2.75, 3.05) is 0 Å². The molecule has 1 aliphatic carbocycles. The fourth-order valence-electron chi connectivity index (χ4n) is 4.53. The molecule has 0 amide bonds. The van der Waals surface area contributed by atoms with Crippen LogP contribution in [0.1, 0.15) is 37.0 Å². The van der Waals surface area contributed by atoms with E-state index < -0.39 is 0 Å². The number of thiophene rings is 3. The summed E-state index contributed by atoms with van der Waals surface area (Å²) in [6, 6.07) is 28.8. The summed E-state index contributed by atoms with van der Waals surface area (Å²) in [5.41, 5.74) is 1.29. The summed E-state index contributed by atoms with van der Waals surface area (Å²) in [6.45, 7) is 0. The zero-order chi connectivity index (χ0) is 22.0. The second-order valence-electron chi connectivity index (χ2n) is 8.66. The fourth-order valence-corrected chi connectivity index (χ4v) is 7.58. The first kappa shape index (κ1) is 20.9. The molecule has 33 heavy (non-hydrogen) atoms. The van der Waals surface area contributed by atoms with Gasteiger partial charge in [-0.25, -0.2) is 0 Å². The van der Waals surface area contributed by atoms with Crippen LogP contribution in [0.15, 0.2) is 78.9 Å². The molecule has 1 aliphatic rings. The Balaban J connectivity index is 1.21. The standard InChI is InChI=1S/C30H24S3/c1-2-6-21(7-3-1)10-13-25-14-15-27(31-25)28-18-19-30(33-28)29-17-16-26(32-29)24-12-11-22-8-4-5-9-23(22)20-24/h4-5,8-9,11-12,14-21H,1-3,6-7H2. The Bertz CT molecular complexity index is 1460. The van der Waals surface area contributed by atoms with Crippen LogP contribution in [-0.4, -0.2) is 0 Å². The van der Waals surface area contributed by atoms with E-state index in [0.717, 1.165) is 0 Å². The average Bonchev–Trinajstić information content (AvgIpc) is 3.63. The van der Waals surface area contributed by atoms with E-state index in [9.17, 15) is 0 Å². The van der Waals surface area contributed by atoms with Gasteiger partial charge in [0.15, 0.2) is 0 Å². The van der Waals surface area contributed by atoms with Crippen LogP contribution >= 0.6 is 34.0 Å². The zero-order valence-corrected chi connectivity index (χ0v) is 20.8. The molecule has 1 fully saturated rings. The van der Waals surface area contributed by atoms with Crippen molar-refractivity contribution in [3.05, 3.63) is 83.7 Å². The monoisotopic (exact) mass is 480 g/mol. The van der Waals surface area contributed by atoms with E-state index >= 15 is 0 Å². The Kier molecular flexibility index (Phi) is 5.91. The molecule has 3 heteroatoms. The van der Waals surface area contributed by atoms with Crippen LogP contribution in [0.2, 0.25) is 0 Å². The lowest BCUT2D eigenvalue weighted by molar-refractivity contribution is 0.430. The Hall–Kier alpha value is -2.64. The number of rotatable bonds is 3. The smallest absolute Gasteiger partial charge is 0.0775 e. The van der Waals surface area contributed by atoms with E-state index in [2.05, 4.69) is 90.7 Å². The summed E-state index contributed by atoms with van der Waals surface area (Å²) >= 11 is 5.59. The number of hydrogen-bond acceptors (Lipinski definition) is 3. The third-order valence-corrected chi connectivity index (χ3v) is 9.95. The molecule has 0 aliphatic heterocycles. The first-order valence-electron chi connectivity index (χ1n) is 11.6. The molecule has 0 N–H and O–H groups in total. The second kappa shape index (κ2) is 9.31. The summed E-state index contributed by atoms with van der Waals surface area (Å²) in [5, 5.41) is 2.59. The van der Waals surface area contributed by atoms with Gasteiger partial charge in [0.05, 0.1) is 4.88 Å². The van der Waals surface area contributed by atoms with Crippen molar-refractivity contribution >= 4 is 44.8 Å². The van der Waals surface area contributed by atoms with Crippen LogP contribution in [0.25, 0.3) is 40.7 Å². The molecule has 0 atom stereocenters. The molecule has 0 spiro atoms. The highest BCUT2D eigenvalue weighted by Gasteiger charge is 2.12. The summed E-state index contributed by atoms with van der Waals surface area (Å²) < 4.78 is 0. The lowest BCUT2D eigenvalue weighted by Crippen LogP contribution is -2.02. The van der Waals surface area contributed by atoms with E-state index in [4.69, 9.17) is 0 Å². The molecule has 0 nitrogen and oxygen atoms in total. The molecule has 0 saturated heterocycles. The van der Waals surface area contributed by atoms with Crippen molar-refractivity contribution < 1.29 is 0 Å². The predicted octanol–water partition coefficient (Wildman–Crippen LogP) is 9.96. The van der Waals surface area contributed by atoms with Gasteiger partial charge in [-0.15, -0.1) is 34.0 Å². The first-order chi connectivity index (χ1) is 16.3. The Morgan fingerprint density at radius 2 is 1.21 bits per heavy atom. The van der Waals surface area contributed by atoms with E-state index in [-0.39, 0.29) is 0 Å². The van der Waals surface area contributed by atoms with Gasteiger partial charge in [-0.1, -0.05) is 67.5 Å². The van der Waals surface area contributed by atoms with E-state index in [1.165, 1.54) is 77.7 Å². The molecule has 6 rings (SSSR count). The molecule has 162 valence electrons. The molecular formula is C30H24S3. The maximum absolute atomic E-state index is 3.53. The van der Waals surface area contributed by atoms with Gasteiger partial charge < -0.3 is 0 Å². The lowest BCUT2D eigenvalue weighted by atomic mass is 9.90. The van der Waals surface area contributed by atoms with Gasteiger partial charge in [0.25, 0.3) is 0 Å². The highest BCUT2D eigenvalue weighted by molar-refractivity contribution is 7.27. The van der Waals surface area contributed by atoms with Crippen molar-refractivity contribution in [3.8, 4) is 41.8 Å². The predicted molar refractivity (Wildman–Crippen MR) is 147 cm³/mol. The van der Waals surface area contributed by atoms with Crippen molar-refractivity contribution in [1.29, 1.82) is 0 Å². The highest BCUT2D eigenvalue weighted by Crippen LogP contribution is 2.42. The minimum Gasteiger partial charge on any atom is -0.134 e. The van der Waals surface area contributed by atoms with Crippen LogP contribution in [-0.2, 0) is 0 Å². The number of fused-ring (bicyclic) bond motifs is 1. The van der Waals surface area contributed by atoms with Crippen LogP contribution < -0.4 is 0 Å². The number of hydrogen-bond donors (Lipinski definition) is 0. The molecular weight excluding hydrogens is 457 g/mol. The minimum atomic E-state index is 0.605. The largest absolute Gasteiger partial charge is 0.134 e. The molecule has 2 aromatic carbocycles. The first-order valence-corrected chi connectivity index (χ1v) is 14.1. The van der Waals surface area contributed by atoms with E-state index in [1.807, 2.05) is 34.0 Å². The van der Waals surface area contributed by atoms with Crippen molar-refractivity contribution in [2.45, 2.75) is 32.1 Å². The SMILES string of the molecule is C(#CC1CCCCC1)c1ccc(-c2ccc(-c3ccc(-c4ccc5ccccc5c4)s3)s2)s1. The Morgan fingerprint density at radius 1 is 0.576 bits per heavy atom. The molecule has 3 heterocycles. The van der Waals surface area contributed by atoms with Crippen molar-refractivity contribution in [1.82, 2.24) is 0 Å². The molecule has 5 aromatic rings. The molecule has 0 bridgehead atoms. The molecule has 0 radical (unpaired) electrons. The summed E-state index contributed by atoms with van der Waals surface area (Å²) in [6.07, 6.45) is 6.63. The van der Waals surface area contributed by atoms with Gasteiger partial charge in [-0.05, 0) is 71.6 Å². The fraction of sp³-hybridized carbons (Fsp3) is 0.200. The molecule has 1 saturated carbocycles. The summed E-state index contributed by atoms with van der Waals surface area (Å²) in [5.74, 6) is 7.59. The Labute approximate surface area is 207 Å². The van der Waals surface area contributed by atoms with Crippen molar-refractivity contribution in [2.24, 2.45) is 5.92 Å². The van der Waals surface area contributed by atoms with Gasteiger partial charge in [-0.3, -0.25) is 0 Å². The van der Waals surface area contributed by atoms with E-state index in [0.29, 0.717) is 5.92 Å². The minimum absolute atomic E-state index is 0.605. The van der Waals surface area contributed by atoms with Crippen LogP contribution in [0, 0.1) is 17.8 Å². The third kappa shape index (κ3) is 4.57. The van der Waals surface area contributed by atoms with E-state index in [1.54, 1.807) is 0 Å². The normalized spacial score (nSPS) is 14.3. The lowest BCUT2D eigenvalue weighted by Gasteiger charge is -2.15. The second-order valence-corrected chi connectivity index (χ2v) is 11.9. The molecule has 0 unspecified atom stereocenters. The van der Waals surface area contributed by atoms with Gasteiger partial charge in [0, 0.05) is 30.3 Å². The van der Waals surface area contributed by atoms with Gasteiger partial charge in [0.1, 0.15) is 0 Å². The summed E-state index contributed by atoms with van der Waals surface area (Å²) in [7, 11) is 0. The molecule has 3 aromatic heterocycles. The van der Waals surface area contributed by atoms with Crippen LogP contribution in [0.3, 0.4) is 0 Å². The Morgan fingerprint density at radius 3 is 2.00 bits per heavy atom. The highest BCUT2D eigenvalue weighted by atomic mass is 32.1. The topological polar surface area (TPSA) is 0 Å². The maximum atomic E-state index is 3.53. The van der Waals surface area contributed by atoms with Crippen LogP contribution in [0.4, 0.5) is 0 Å². The van der Waals surface area contributed by atoms with Gasteiger partial charge >= 0.3 is 0 Å².